The molecule has 0 saturated heterocycles. The predicted molar refractivity (Wildman–Crippen MR) is 103 cm³/mol. The zero-order valence-electron chi connectivity index (χ0n) is 15.6. The van der Waals surface area contributed by atoms with E-state index >= 15 is 0 Å². The van der Waals surface area contributed by atoms with Crippen LogP contribution in [0.3, 0.4) is 0 Å². The summed E-state index contributed by atoms with van der Waals surface area (Å²) in [6.07, 6.45) is 1.07. The Kier molecular flexibility index (Phi) is 7.25. The Hall–Kier alpha value is -2.96. The highest BCUT2D eigenvalue weighted by atomic mass is 19.1. The van der Waals surface area contributed by atoms with Crippen molar-refractivity contribution >= 4 is 23.5 Å². The summed E-state index contributed by atoms with van der Waals surface area (Å²) in [4.78, 5) is 11.8. The maximum Gasteiger partial charge on any atom is 0.256 e. The third-order valence-corrected chi connectivity index (χ3v) is 3.90. The monoisotopic (exact) mass is 362 g/mol. The van der Waals surface area contributed by atoms with Gasteiger partial charge in [-0.05, 0) is 36.2 Å². The lowest BCUT2D eigenvalue weighted by Crippen LogP contribution is -2.21. The molecule has 7 heteroatoms. The molecule has 0 unspecified atom stereocenters. The second-order valence-corrected chi connectivity index (χ2v) is 5.18. The van der Waals surface area contributed by atoms with Crippen molar-refractivity contribution < 1.29 is 13.6 Å². The van der Waals surface area contributed by atoms with E-state index in [2.05, 4.69) is 10.6 Å². The van der Waals surface area contributed by atoms with Crippen LogP contribution < -0.4 is 16.4 Å². The number of hydrogen-bond acceptors (Lipinski definition) is 4. The van der Waals surface area contributed by atoms with Crippen molar-refractivity contribution in [2.24, 2.45) is 0 Å². The van der Waals surface area contributed by atoms with Gasteiger partial charge in [-0.2, -0.15) is 0 Å². The molecule has 26 heavy (non-hydrogen) atoms. The van der Waals surface area contributed by atoms with Crippen molar-refractivity contribution in [1.29, 1.82) is 5.41 Å². The van der Waals surface area contributed by atoms with Crippen molar-refractivity contribution in [2.45, 2.75) is 20.8 Å². The van der Waals surface area contributed by atoms with E-state index in [0.29, 0.717) is 16.8 Å². The van der Waals surface area contributed by atoms with Crippen molar-refractivity contribution in [3.63, 3.8) is 0 Å². The van der Waals surface area contributed by atoms with Gasteiger partial charge in [-0.25, -0.2) is 8.78 Å². The van der Waals surface area contributed by atoms with E-state index in [0.717, 1.165) is 12.3 Å². The van der Waals surface area contributed by atoms with Gasteiger partial charge in [0, 0.05) is 31.4 Å². The smallest absolute Gasteiger partial charge is 0.256 e. The van der Waals surface area contributed by atoms with Crippen LogP contribution in [-0.2, 0) is 0 Å². The Morgan fingerprint density at radius 3 is 2.31 bits per heavy atom. The van der Waals surface area contributed by atoms with Crippen LogP contribution in [0.1, 0.15) is 35.3 Å². The van der Waals surface area contributed by atoms with Crippen molar-refractivity contribution in [2.75, 3.05) is 25.1 Å². The molecule has 0 aromatic heterocycles. The summed E-state index contributed by atoms with van der Waals surface area (Å²) in [5.74, 6) is -2.07. The van der Waals surface area contributed by atoms with Crippen LogP contribution in [0.5, 0.6) is 0 Å². The van der Waals surface area contributed by atoms with E-state index in [1.165, 1.54) is 19.2 Å². The van der Waals surface area contributed by atoms with Gasteiger partial charge in [0.15, 0.2) is 0 Å². The van der Waals surface area contributed by atoms with E-state index in [4.69, 9.17) is 11.1 Å². The minimum absolute atomic E-state index is 0.0499. The molecule has 0 fully saturated rings. The molecule has 0 aliphatic heterocycles. The molecule has 0 bridgehead atoms. The van der Waals surface area contributed by atoms with Gasteiger partial charge in [-0.3, -0.25) is 4.79 Å². The maximum atomic E-state index is 14.5. The largest absolute Gasteiger partial charge is 0.398 e. The first-order chi connectivity index (χ1) is 12.4. The number of carbonyl (C=O) groups excluding carboxylic acids is 1. The Morgan fingerprint density at radius 1 is 1.19 bits per heavy atom. The fraction of sp³-hybridized carbons (Fsp3) is 0.263. The first kappa shape index (κ1) is 21.1. The number of hydrogen-bond donors (Lipinski definition) is 4. The molecule has 0 atom stereocenters. The second kappa shape index (κ2) is 8.94. The van der Waals surface area contributed by atoms with Gasteiger partial charge in [0.2, 0.25) is 0 Å². The highest BCUT2D eigenvalue weighted by molar-refractivity contribution is 6.02. The zero-order chi connectivity index (χ0) is 20.0. The Bertz CT molecular complexity index is 835. The standard InChI is InChI=1S/C17H18F2N4O.C2H6/c1-8-10(6-12(19)14(15(8)21)17(24)23-3)13-11(18)5-4-9(7-20)16(13)22-2;1-2/h4-7,20,22H,21H2,1-3H3,(H,23,24);1-2H3. The summed E-state index contributed by atoms with van der Waals surface area (Å²) < 4.78 is 28.9. The van der Waals surface area contributed by atoms with Crippen LogP contribution in [0.4, 0.5) is 20.2 Å². The van der Waals surface area contributed by atoms with E-state index in [-0.39, 0.29) is 22.4 Å². The SMILES string of the molecule is CC.CNC(=O)c1c(F)cc(-c2c(F)ccc(C=N)c2NC)c(C)c1N. The lowest BCUT2D eigenvalue weighted by Gasteiger charge is -2.18. The molecule has 0 spiro atoms. The number of rotatable bonds is 4. The van der Waals surface area contributed by atoms with Gasteiger partial charge in [0.25, 0.3) is 5.91 Å². The van der Waals surface area contributed by atoms with Crippen LogP contribution in [0, 0.1) is 24.0 Å². The van der Waals surface area contributed by atoms with Gasteiger partial charge >= 0.3 is 0 Å². The topological polar surface area (TPSA) is 91.0 Å². The van der Waals surface area contributed by atoms with Gasteiger partial charge in [-0.15, -0.1) is 0 Å². The first-order valence-electron chi connectivity index (χ1n) is 8.19. The number of nitrogen functional groups attached to an aromatic ring is 1. The minimum Gasteiger partial charge on any atom is -0.398 e. The lowest BCUT2D eigenvalue weighted by atomic mass is 9.92. The summed E-state index contributed by atoms with van der Waals surface area (Å²) >= 11 is 0. The maximum absolute atomic E-state index is 14.5. The van der Waals surface area contributed by atoms with Crippen LogP contribution in [-0.4, -0.2) is 26.2 Å². The van der Waals surface area contributed by atoms with E-state index in [9.17, 15) is 13.6 Å². The molecule has 5 nitrogen and oxygen atoms in total. The van der Waals surface area contributed by atoms with Gasteiger partial charge in [0.05, 0.1) is 16.9 Å². The van der Waals surface area contributed by atoms with Crippen LogP contribution >= 0.6 is 0 Å². The number of anilines is 2. The zero-order valence-corrected chi connectivity index (χ0v) is 15.6. The molecule has 0 aliphatic carbocycles. The normalized spacial score (nSPS) is 9.81. The van der Waals surface area contributed by atoms with E-state index < -0.39 is 17.5 Å². The Balaban J connectivity index is 0.00000163. The average Bonchev–Trinajstić information content (AvgIpc) is 2.66. The molecule has 5 N–H and O–H groups in total. The molecule has 2 aromatic rings. The number of nitrogens with one attached hydrogen (secondary N) is 3. The molecule has 2 aromatic carbocycles. The molecule has 140 valence electrons. The van der Waals surface area contributed by atoms with Crippen molar-refractivity contribution in [1.82, 2.24) is 5.32 Å². The van der Waals surface area contributed by atoms with E-state index in [1.807, 2.05) is 13.8 Å². The first-order valence-corrected chi connectivity index (χ1v) is 8.19. The summed E-state index contributed by atoms with van der Waals surface area (Å²) in [7, 11) is 2.95. The van der Waals surface area contributed by atoms with Crippen LogP contribution in [0.15, 0.2) is 18.2 Å². The molecule has 0 aliphatic rings. The molecule has 2 rings (SSSR count). The number of amides is 1. The summed E-state index contributed by atoms with van der Waals surface area (Å²) in [6, 6.07) is 3.74. The van der Waals surface area contributed by atoms with Crippen LogP contribution in [0.25, 0.3) is 11.1 Å². The minimum atomic E-state index is -0.839. The third kappa shape index (κ3) is 3.66. The average molecular weight is 362 g/mol. The van der Waals surface area contributed by atoms with Gasteiger partial charge < -0.3 is 21.8 Å². The lowest BCUT2D eigenvalue weighted by molar-refractivity contribution is 0.0960. The highest BCUT2D eigenvalue weighted by Crippen LogP contribution is 2.38. The fourth-order valence-electron chi connectivity index (χ4n) is 2.63. The van der Waals surface area contributed by atoms with Gasteiger partial charge in [0.1, 0.15) is 11.6 Å². The molecule has 0 radical (unpaired) electrons. The second-order valence-electron chi connectivity index (χ2n) is 5.18. The summed E-state index contributed by atoms with van der Waals surface area (Å²) in [5.41, 5.74) is 7.10. The summed E-state index contributed by atoms with van der Waals surface area (Å²) in [6.45, 7) is 5.59. The van der Waals surface area contributed by atoms with Crippen molar-refractivity contribution in [3.8, 4) is 11.1 Å². The Labute approximate surface area is 152 Å². The molecule has 0 heterocycles. The number of benzene rings is 2. The molecule has 0 saturated carbocycles. The number of carbonyl (C=O) groups is 1. The third-order valence-electron chi connectivity index (χ3n) is 3.90. The Morgan fingerprint density at radius 2 is 1.81 bits per heavy atom. The predicted octanol–water partition coefficient (Wildman–Crippen LogP) is 3.95. The molecule has 1 amide bonds. The highest BCUT2D eigenvalue weighted by Gasteiger charge is 2.23. The number of nitrogens with two attached hydrogens (primary N) is 1. The quantitative estimate of drug-likeness (QED) is 0.490. The van der Waals surface area contributed by atoms with Gasteiger partial charge in [-0.1, -0.05) is 13.8 Å². The van der Waals surface area contributed by atoms with Crippen LogP contribution in [0.2, 0.25) is 0 Å². The summed E-state index contributed by atoms with van der Waals surface area (Å²) in [5, 5.41) is 12.6. The van der Waals surface area contributed by atoms with Crippen molar-refractivity contribution in [3.05, 3.63) is 46.5 Å². The molecular formula is C19H24F2N4O. The number of halogens is 2. The van der Waals surface area contributed by atoms with E-state index in [1.54, 1.807) is 14.0 Å². The molecular weight excluding hydrogens is 338 g/mol. The fourth-order valence-corrected chi connectivity index (χ4v) is 2.63.